The maximum Gasteiger partial charge on any atom is 0.192 e. The van der Waals surface area contributed by atoms with Crippen LogP contribution in [0.15, 0.2) is 34.3 Å². The molecular weight excluding hydrogens is 188 g/mol. The zero-order valence-electron chi connectivity index (χ0n) is 9.01. The maximum atomic E-state index is 5.16. The highest BCUT2D eigenvalue weighted by atomic mass is 15.0. The van der Waals surface area contributed by atoms with Crippen molar-refractivity contribution in [1.29, 1.82) is 0 Å². The smallest absolute Gasteiger partial charge is 0.192 e. The molecule has 15 heavy (non-hydrogen) atoms. The van der Waals surface area contributed by atoms with Gasteiger partial charge in [0.2, 0.25) is 0 Å². The topological polar surface area (TPSA) is 76.8 Å². The lowest BCUT2D eigenvalue weighted by atomic mass is 10.0. The number of hydrogen-bond acceptors (Lipinski definition) is 1. The largest absolute Gasteiger partial charge is 0.370 e. The Morgan fingerprint density at radius 3 is 2.27 bits per heavy atom. The van der Waals surface area contributed by atoms with Gasteiger partial charge in [0.05, 0.1) is 5.69 Å². The first kappa shape index (κ1) is 11.2. The fourth-order valence-electron chi connectivity index (χ4n) is 1.11. The van der Waals surface area contributed by atoms with Gasteiger partial charge >= 0.3 is 0 Å². The van der Waals surface area contributed by atoms with Crippen molar-refractivity contribution >= 4 is 18.0 Å². The molecule has 0 amide bonds. The second kappa shape index (κ2) is 5.14. The SMILES string of the molecule is CC(C)c1ccc(N=CN=C(N)N)cc1. The lowest BCUT2D eigenvalue weighted by molar-refractivity contribution is 0.867. The van der Waals surface area contributed by atoms with Gasteiger partial charge in [0.25, 0.3) is 0 Å². The van der Waals surface area contributed by atoms with E-state index in [0.717, 1.165) is 5.69 Å². The van der Waals surface area contributed by atoms with Crippen LogP contribution < -0.4 is 11.5 Å². The van der Waals surface area contributed by atoms with Crippen molar-refractivity contribution in [2.75, 3.05) is 0 Å². The Bertz CT molecular complexity index is 359. The van der Waals surface area contributed by atoms with Gasteiger partial charge in [-0.2, -0.15) is 0 Å². The summed E-state index contributed by atoms with van der Waals surface area (Å²) in [6.07, 6.45) is 1.35. The number of hydrogen-bond donors (Lipinski definition) is 2. The molecule has 0 aliphatic rings. The molecule has 4 N–H and O–H groups in total. The normalized spacial score (nSPS) is 10.9. The van der Waals surface area contributed by atoms with E-state index in [4.69, 9.17) is 11.5 Å². The molecule has 0 heterocycles. The summed E-state index contributed by atoms with van der Waals surface area (Å²) in [4.78, 5) is 7.73. The summed E-state index contributed by atoms with van der Waals surface area (Å²) in [7, 11) is 0. The molecular formula is C11H16N4. The molecule has 0 atom stereocenters. The van der Waals surface area contributed by atoms with Crippen molar-refractivity contribution in [2.45, 2.75) is 19.8 Å². The van der Waals surface area contributed by atoms with Crippen LogP contribution in [0, 0.1) is 0 Å². The van der Waals surface area contributed by atoms with Crippen molar-refractivity contribution in [1.82, 2.24) is 0 Å². The maximum absolute atomic E-state index is 5.16. The molecule has 0 aliphatic heterocycles. The second-order valence-corrected chi connectivity index (χ2v) is 3.54. The first-order valence-electron chi connectivity index (χ1n) is 4.81. The van der Waals surface area contributed by atoms with Crippen LogP contribution in [0.3, 0.4) is 0 Å². The van der Waals surface area contributed by atoms with Gasteiger partial charge in [0, 0.05) is 0 Å². The third kappa shape index (κ3) is 3.81. The van der Waals surface area contributed by atoms with Gasteiger partial charge in [0.15, 0.2) is 5.96 Å². The Hall–Kier alpha value is -1.84. The van der Waals surface area contributed by atoms with Crippen LogP contribution >= 0.6 is 0 Å². The number of nitrogens with two attached hydrogens (primary N) is 2. The van der Waals surface area contributed by atoms with E-state index in [9.17, 15) is 0 Å². The van der Waals surface area contributed by atoms with E-state index in [1.807, 2.05) is 24.3 Å². The van der Waals surface area contributed by atoms with Crippen molar-refractivity contribution in [3.63, 3.8) is 0 Å². The highest BCUT2D eigenvalue weighted by molar-refractivity contribution is 5.84. The van der Waals surface area contributed by atoms with Crippen molar-refractivity contribution in [2.24, 2.45) is 21.5 Å². The molecule has 0 aliphatic carbocycles. The van der Waals surface area contributed by atoms with Crippen LogP contribution in [0.2, 0.25) is 0 Å². The lowest BCUT2D eigenvalue weighted by Gasteiger charge is -2.03. The molecule has 0 aromatic heterocycles. The summed E-state index contributed by atoms with van der Waals surface area (Å²) in [6.45, 7) is 4.30. The minimum absolute atomic E-state index is 0.0116. The molecule has 0 bridgehead atoms. The standard InChI is InChI=1S/C11H16N4/c1-8(2)9-3-5-10(6-4-9)14-7-15-11(12)13/h3-8H,1-2H3,(H4,12,13,14,15). The highest BCUT2D eigenvalue weighted by Gasteiger charge is 1.97. The molecule has 0 unspecified atom stereocenters. The van der Waals surface area contributed by atoms with Crippen LogP contribution in [0.1, 0.15) is 25.3 Å². The fourth-order valence-corrected chi connectivity index (χ4v) is 1.11. The Kier molecular flexibility index (Phi) is 3.85. The van der Waals surface area contributed by atoms with E-state index >= 15 is 0 Å². The van der Waals surface area contributed by atoms with Crippen LogP contribution in [0.4, 0.5) is 5.69 Å². The number of rotatable bonds is 3. The monoisotopic (exact) mass is 204 g/mol. The summed E-state index contributed by atoms with van der Waals surface area (Å²) in [6, 6.07) is 7.97. The second-order valence-electron chi connectivity index (χ2n) is 3.54. The molecule has 0 spiro atoms. The lowest BCUT2D eigenvalue weighted by Crippen LogP contribution is -2.22. The Morgan fingerprint density at radius 1 is 1.20 bits per heavy atom. The molecule has 0 saturated heterocycles. The van der Waals surface area contributed by atoms with E-state index in [2.05, 4.69) is 23.8 Å². The van der Waals surface area contributed by atoms with E-state index in [-0.39, 0.29) is 5.96 Å². The van der Waals surface area contributed by atoms with Crippen LogP contribution in [0.5, 0.6) is 0 Å². The third-order valence-corrected chi connectivity index (χ3v) is 1.97. The zero-order valence-corrected chi connectivity index (χ0v) is 9.01. The van der Waals surface area contributed by atoms with E-state index in [1.54, 1.807) is 0 Å². The molecule has 0 saturated carbocycles. The average Bonchev–Trinajstić information content (AvgIpc) is 2.18. The van der Waals surface area contributed by atoms with Crippen molar-refractivity contribution < 1.29 is 0 Å². The zero-order chi connectivity index (χ0) is 11.3. The molecule has 1 aromatic rings. The Morgan fingerprint density at radius 2 is 1.80 bits per heavy atom. The average molecular weight is 204 g/mol. The fraction of sp³-hybridized carbons (Fsp3) is 0.273. The number of nitrogens with zero attached hydrogens (tertiary/aromatic N) is 2. The summed E-state index contributed by atoms with van der Waals surface area (Å²) in [5, 5.41) is 0. The Labute approximate surface area is 89.7 Å². The van der Waals surface area contributed by atoms with Gasteiger partial charge in [-0.1, -0.05) is 26.0 Å². The van der Waals surface area contributed by atoms with Crippen molar-refractivity contribution in [3.8, 4) is 0 Å². The molecule has 0 radical (unpaired) electrons. The van der Waals surface area contributed by atoms with E-state index in [1.165, 1.54) is 11.9 Å². The minimum atomic E-state index is 0.0116. The van der Waals surface area contributed by atoms with Crippen LogP contribution in [0.25, 0.3) is 0 Å². The van der Waals surface area contributed by atoms with Crippen LogP contribution in [-0.4, -0.2) is 12.3 Å². The first-order chi connectivity index (χ1) is 7.09. The van der Waals surface area contributed by atoms with Gasteiger partial charge in [-0.25, -0.2) is 9.98 Å². The van der Waals surface area contributed by atoms with Gasteiger partial charge in [-0.15, -0.1) is 0 Å². The van der Waals surface area contributed by atoms with Gasteiger partial charge < -0.3 is 11.5 Å². The number of guanidine groups is 1. The van der Waals surface area contributed by atoms with Gasteiger partial charge in [-0.05, 0) is 23.6 Å². The molecule has 1 rings (SSSR count). The van der Waals surface area contributed by atoms with E-state index < -0.39 is 0 Å². The molecule has 0 fully saturated rings. The first-order valence-corrected chi connectivity index (χ1v) is 4.81. The van der Waals surface area contributed by atoms with Crippen molar-refractivity contribution in [3.05, 3.63) is 29.8 Å². The Balaban J connectivity index is 2.73. The summed E-state index contributed by atoms with van der Waals surface area (Å²) < 4.78 is 0. The highest BCUT2D eigenvalue weighted by Crippen LogP contribution is 2.18. The quantitative estimate of drug-likeness (QED) is 0.581. The van der Waals surface area contributed by atoms with Gasteiger partial charge in [-0.3, -0.25) is 0 Å². The van der Waals surface area contributed by atoms with Gasteiger partial charge in [0.1, 0.15) is 6.34 Å². The predicted octanol–water partition coefficient (Wildman–Crippen LogP) is 1.74. The predicted molar refractivity (Wildman–Crippen MR) is 64.5 cm³/mol. The molecule has 80 valence electrons. The summed E-state index contributed by atoms with van der Waals surface area (Å²) in [5.74, 6) is 0.540. The summed E-state index contributed by atoms with van der Waals surface area (Å²) in [5.41, 5.74) is 12.4. The number of aliphatic imine (C=N–C) groups is 2. The minimum Gasteiger partial charge on any atom is -0.370 e. The molecule has 4 heteroatoms. The third-order valence-electron chi connectivity index (χ3n) is 1.97. The summed E-state index contributed by atoms with van der Waals surface area (Å²) >= 11 is 0. The van der Waals surface area contributed by atoms with E-state index in [0.29, 0.717) is 5.92 Å². The molecule has 1 aromatic carbocycles. The van der Waals surface area contributed by atoms with Crippen LogP contribution in [-0.2, 0) is 0 Å². The number of benzene rings is 1. The molecule has 4 nitrogen and oxygen atoms in total.